The molecule has 2 N–H and O–H groups in total. The summed E-state index contributed by atoms with van der Waals surface area (Å²) in [4.78, 5) is 14.4. The van der Waals surface area contributed by atoms with Crippen LogP contribution in [0.5, 0.6) is 0 Å². The number of thioether (sulfide) groups is 1. The number of nitrogens with two attached hydrogens (primary N) is 1. The summed E-state index contributed by atoms with van der Waals surface area (Å²) in [5.41, 5.74) is 3.05. The molecule has 1 atom stereocenters. The van der Waals surface area contributed by atoms with E-state index >= 15 is 0 Å². The number of carbonyl (C=O) groups excluding carboxylic acids is 1. The second-order valence-electron chi connectivity index (χ2n) is 8.00. The van der Waals surface area contributed by atoms with Crippen LogP contribution in [0.3, 0.4) is 0 Å². The number of para-hydroxylation sites is 1. The van der Waals surface area contributed by atoms with Crippen LogP contribution in [0.2, 0.25) is 0 Å². The highest BCUT2D eigenvalue weighted by Crippen LogP contribution is 2.28. The fourth-order valence-electron chi connectivity index (χ4n) is 2.93. The highest BCUT2D eigenvalue weighted by molar-refractivity contribution is 8.00. The summed E-state index contributed by atoms with van der Waals surface area (Å²) in [7, 11) is 1.77. The Bertz CT molecular complexity index is 977. The lowest BCUT2D eigenvalue weighted by molar-refractivity contribution is -0.117. The Morgan fingerprint density at radius 3 is 2.28 bits per heavy atom. The van der Waals surface area contributed by atoms with E-state index in [0.29, 0.717) is 11.0 Å². The van der Waals surface area contributed by atoms with Crippen LogP contribution < -0.4 is 10.7 Å². The molecule has 29 heavy (non-hydrogen) atoms. The predicted molar refractivity (Wildman–Crippen MR) is 119 cm³/mol. The molecule has 0 aliphatic carbocycles. The van der Waals surface area contributed by atoms with Gasteiger partial charge in [0.05, 0.1) is 5.25 Å². The summed E-state index contributed by atoms with van der Waals surface area (Å²) in [5.74, 6) is 6.79. The van der Waals surface area contributed by atoms with E-state index in [0.717, 1.165) is 11.3 Å². The first-order valence-corrected chi connectivity index (χ1v) is 10.4. The maximum absolute atomic E-state index is 12.8. The van der Waals surface area contributed by atoms with Crippen molar-refractivity contribution < 1.29 is 4.79 Å². The lowest BCUT2D eigenvalue weighted by atomic mass is 9.87. The van der Waals surface area contributed by atoms with Crippen molar-refractivity contribution in [3.05, 3.63) is 60.2 Å². The highest BCUT2D eigenvalue weighted by atomic mass is 32.2. The van der Waals surface area contributed by atoms with Crippen LogP contribution in [0.4, 0.5) is 5.69 Å². The van der Waals surface area contributed by atoms with Gasteiger partial charge in [-0.2, -0.15) is 0 Å². The third kappa shape index (κ3) is 4.62. The fraction of sp³-hybridized carbons (Fsp3) is 0.318. The number of hydrogen-bond acceptors (Lipinski definition) is 5. The molecule has 1 heterocycles. The van der Waals surface area contributed by atoms with Crippen molar-refractivity contribution in [2.24, 2.45) is 0 Å². The van der Waals surface area contributed by atoms with Crippen molar-refractivity contribution in [1.29, 1.82) is 0 Å². The molecule has 1 aromatic heterocycles. The number of aromatic nitrogens is 3. The molecule has 0 unspecified atom stereocenters. The largest absolute Gasteiger partial charge is 0.335 e. The third-order valence-electron chi connectivity index (χ3n) is 4.78. The van der Waals surface area contributed by atoms with Gasteiger partial charge in [0.1, 0.15) is 0 Å². The average Bonchev–Trinajstić information content (AvgIpc) is 3.07. The van der Waals surface area contributed by atoms with Crippen LogP contribution >= 0.6 is 11.8 Å². The van der Waals surface area contributed by atoms with E-state index in [1.165, 1.54) is 22.0 Å². The Hall–Kier alpha value is -2.80. The lowest BCUT2D eigenvalue weighted by Crippen LogP contribution is -2.33. The van der Waals surface area contributed by atoms with Gasteiger partial charge in [-0.05, 0) is 30.0 Å². The quantitative estimate of drug-likeness (QED) is 0.507. The zero-order valence-electron chi connectivity index (χ0n) is 17.5. The summed E-state index contributed by atoms with van der Waals surface area (Å²) in [5, 5.41) is 8.58. The number of hydrogen-bond donors (Lipinski definition) is 1. The first kappa shape index (κ1) is 20.9. The van der Waals surface area contributed by atoms with Crippen LogP contribution in [-0.4, -0.2) is 33.1 Å². The molecule has 1 amide bonds. The summed E-state index contributed by atoms with van der Waals surface area (Å²) in [6.45, 7) is 8.37. The van der Waals surface area contributed by atoms with E-state index in [4.69, 9.17) is 5.84 Å². The van der Waals surface area contributed by atoms with Gasteiger partial charge >= 0.3 is 0 Å². The van der Waals surface area contributed by atoms with E-state index < -0.39 is 0 Å². The van der Waals surface area contributed by atoms with Crippen molar-refractivity contribution in [3.8, 4) is 11.4 Å². The molecule has 3 rings (SSSR count). The zero-order chi connectivity index (χ0) is 21.2. The summed E-state index contributed by atoms with van der Waals surface area (Å²) < 4.78 is 1.45. The number of nitrogens with zero attached hydrogens (tertiary/aromatic N) is 4. The molecule has 0 saturated carbocycles. The van der Waals surface area contributed by atoms with E-state index in [-0.39, 0.29) is 16.6 Å². The Morgan fingerprint density at radius 1 is 1.07 bits per heavy atom. The average molecular weight is 410 g/mol. The van der Waals surface area contributed by atoms with Crippen molar-refractivity contribution in [2.75, 3.05) is 17.8 Å². The van der Waals surface area contributed by atoms with Crippen LogP contribution in [-0.2, 0) is 10.2 Å². The van der Waals surface area contributed by atoms with Gasteiger partial charge < -0.3 is 10.7 Å². The second-order valence-corrected chi connectivity index (χ2v) is 9.30. The number of rotatable bonds is 5. The molecule has 3 aromatic rings. The summed E-state index contributed by atoms with van der Waals surface area (Å²) in [6, 6.07) is 17.7. The number of amides is 1. The number of nitrogen functional groups attached to an aromatic ring is 1. The fourth-order valence-corrected chi connectivity index (χ4v) is 3.80. The summed E-state index contributed by atoms with van der Waals surface area (Å²) in [6.07, 6.45) is 0. The molecular formula is C22H27N5OS. The van der Waals surface area contributed by atoms with Crippen molar-refractivity contribution in [1.82, 2.24) is 14.9 Å². The molecule has 6 nitrogen and oxygen atoms in total. The van der Waals surface area contributed by atoms with Gasteiger partial charge in [0.15, 0.2) is 5.82 Å². The van der Waals surface area contributed by atoms with Crippen molar-refractivity contribution in [2.45, 2.75) is 43.5 Å². The highest BCUT2D eigenvalue weighted by Gasteiger charge is 2.23. The van der Waals surface area contributed by atoms with Gasteiger partial charge in [-0.25, -0.2) is 4.68 Å². The molecule has 0 bridgehead atoms. The Labute approximate surface area is 176 Å². The Morgan fingerprint density at radius 2 is 1.69 bits per heavy atom. The van der Waals surface area contributed by atoms with Gasteiger partial charge in [0.25, 0.3) is 0 Å². The van der Waals surface area contributed by atoms with Gasteiger partial charge in [-0.15, -0.1) is 10.2 Å². The van der Waals surface area contributed by atoms with Gasteiger partial charge in [0, 0.05) is 18.3 Å². The smallest absolute Gasteiger partial charge is 0.240 e. The molecule has 0 fully saturated rings. The Kier molecular flexibility index (Phi) is 5.98. The predicted octanol–water partition coefficient (Wildman–Crippen LogP) is 4.10. The third-order valence-corrected chi connectivity index (χ3v) is 5.82. The molecule has 0 radical (unpaired) electrons. The molecule has 2 aromatic carbocycles. The minimum atomic E-state index is -0.358. The van der Waals surface area contributed by atoms with E-state index in [1.807, 2.05) is 49.4 Å². The first-order chi connectivity index (χ1) is 13.7. The van der Waals surface area contributed by atoms with Crippen LogP contribution in [0, 0.1) is 0 Å². The summed E-state index contributed by atoms with van der Waals surface area (Å²) >= 11 is 1.30. The zero-order valence-corrected chi connectivity index (χ0v) is 18.3. The SMILES string of the molecule is C[C@@H](Sc1nnc(-c2ccc(C(C)(C)C)cc2)n1N)C(=O)N(C)c1ccccc1. The van der Waals surface area contributed by atoms with Crippen LogP contribution in [0.1, 0.15) is 33.3 Å². The standard InChI is InChI=1S/C22H27N5OS/c1-15(20(28)26(5)18-9-7-6-8-10-18)29-21-25-24-19(27(21)23)16-11-13-17(14-12-16)22(2,3)4/h6-15H,23H2,1-5H3/t15-/m1/s1. The second kappa shape index (κ2) is 8.29. The minimum absolute atomic E-state index is 0.0275. The van der Waals surface area contributed by atoms with Gasteiger partial charge in [-0.1, -0.05) is 75.0 Å². The monoisotopic (exact) mass is 409 g/mol. The van der Waals surface area contributed by atoms with Crippen molar-refractivity contribution in [3.63, 3.8) is 0 Å². The number of carbonyl (C=O) groups is 1. The topological polar surface area (TPSA) is 77.0 Å². The normalized spacial score (nSPS) is 12.6. The molecule has 152 valence electrons. The minimum Gasteiger partial charge on any atom is -0.335 e. The number of benzene rings is 2. The van der Waals surface area contributed by atoms with Gasteiger partial charge in [0.2, 0.25) is 11.1 Å². The Balaban J connectivity index is 1.75. The molecule has 0 saturated heterocycles. The van der Waals surface area contributed by atoms with E-state index in [1.54, 1.807) is 11.9 Å². The first-order valence-electron chi connectivity index (χ1n) is 9.49. The van der Waals surface area contributed by atoms with Crippen molar-refractivity contribution >= 4 is 23.4 Å². The number of anilines is 1. The molecule has 0 aliphatic rings. The van der Waals surface area contributed by atoms with E-state index in [2.05, 4.69) is 43.1 Å². The van der Waals surface area contributed by atoms with Crippen LogP contribution in [0.25, 0.3) is 11.4 Å². The van der Waals surface area contributed by atoms with Gasteiger partial charge in [-0.3, -0.25) is 4.79 Å². The van der Waals surface area contributed by atoms with Crippen LogP contribution in [0.15, 0.2) is 59.8 Å². The molecule has 0 spiro atoms. The maximum Gasteiger partial charge on any atom is 0.240 e. The van der Waals surface area contributed by atoms with E-state index in [9.17, 15) is 4.79 Å². The molecular weight excluding hydrogens is 382 g/mol. The maximum atomic E-state index is 12.8. The molecule has 7 heteroatoms. The molecule has 0 aliphatic heterocycles. The lowest BCUT2D eigenvalue weighted by Gasteiger charge is -2.20.